The molecule has 2 nitrogen and oxygen atoms in total. The second kappa shape index (κ2) is 5.74. The van der Waals surface area contributed by atoms with Gasteiger partial charge in [-0.05, 0) is 30.5 Å². The van der Waals surface area contributed by atoms with Crippen LogP contribution in [0.4, 0.5) is 0 Å². The summed E-state index contributed by atoms with van der Waals surface area (Å²) in [7, 11) is -2.13. The summed E-state index contributed by atoms with van der Waals surface area (Å²) in [4.78, 5) is 11.1. The quantitative estimate of drug-likeness (QED) is 0.537. The molecule has 0 unspecified atom stereocenters. The van der Waals surface area contributed by atoms with E-state index >= 15 is 0 Å². The molecular weight excluding hydrogens is 252 g/mol. The molecule has 0 rings (SSSR count). The Morgan fingerprint density at radius 3 is 1.47 bits per heavy atom. The van der Waals surface area contributed by atoms with Crippen LogP contribution in [0, 0.1) is 0 Å². The second-order valence-corrected chi connectivity index (χ2v) is 12.5. The molecule has 0 bridgehead atoms. The number of hydrogen-bond donors (Lipinski definition) is 0. The summed E-state index contributed by atoms with van der Waals surface area (Å²) in [6, 6.07) is 0. The fourth-order valence-corrected chi connectivity index (χ4v) is 8.02. The summed E-state index contributed by atoms with van der Waals surface area (Å²) in [6.45, 7) is 16.3. The molecule has 0 spiro atoms. The summed E-state index contributed by atoms with van der Waals surface area (Å²) >= 11 is 6.05. The number of hydrogen-bond acceptors (Lipinski definition) is 2. The van der Waals surface area contributed by atoms with Crippen molar-refractivity contribution >= 4 is 25.9 Å². The number of halogens is 1. The highest BCUT2D eigenvalue weighted by atomic mass is 35.5. The van der Waals surface area contributed by atoms with Crippen LogP contribution in [0.25, 0.3) is 0 Å². The standard InChI is InChI=1S/C13H27ClO2Si/c1-9(2)17(10(3)4,11(5)6)16-12(15)13(7,8)14/h9-11H,1-8H3. The Morgan fingerprint density at radius 1 is 1.00 bits per heavy atom. The molecule has 0 aromatic heterocycles. The Kier molecular flexibility index (Phi) is 5.74. The zero-order valence-corrected chi connectivity index (χ0v) is 14.2. The SMILES string of the molecule is CC(C)[Si](OC(=O)C(C)(C)Cl)(C(C)C)C(C)C. The van der Waals surface area contributed by atoms with E-state index in [1.54, 1.807) is 13.8 Å². The minimum Gasteiger partial charge on any atom is -0.517 e. The zero-order chi connectivity index (χ0) is 14.0. The van der Waals surface area contributed by atoms with Crippen LogP contribution in [0.5, 0.6) is 0 Å². The van der Waals surface area contributed by atoms with Gasteiger partial charge in [-0.15, -0.1) is 11.6 Å². The molecular formula is C13H27ClO2Si. The van der Waals surface area contributed by atoms with Crippen molar-refractivity contribution in [2.24, 2.45) is 0 Å². The summed E-state index contributed by atoms with van der Waals surface area (Å²) in [5, 5.41) is 0. The first-order valence-corrected chi connectivity index (χ1v) is 8.90. The highest BCUT2D eigenvalue weighted by Crippen LogP contribution is 2.43. The fourth-order valence-electron chi connectivity index (χ4n) is 2.64. The largest absolute Gasteiger partial charge is 0.517 e. The van der Waals surface area contributed by atoms with E-state index in [1.807, 2.05) is 0 Å². The zero-order valence-electron chi connectivity index (χ0n) is 12.4. The van der Waals surface area contributed by atoms with Gasteiger partial charge < -0.3 is 4.43 Å². The van der Waals surface area contributed by atoms with E-state index in [-0.39, 0.29) is 5.97 Å². The van der Waals surface area contributed by atoms with E-state index in [2.05, 4.69) is 41.5 Å². The lowest BCUT2D eigenvalue weighted by molar-refractivity contribution is -0.137. The van der Waals surface area contributed by atoms with E-state index in [0.717, 1.165) is 0 Å². The van der Waals surface area contributed by atoms with Gasteiger partial charge in [0.05, 0.1) is 0 Å². The van der Waals surface area contributed by atoms with Gasteiger partial charge in [-0.1, -0.05) is 41.5 Å². The number of carbonyl (C=O) groups is 1. The van der Waals surface area contributed by atoms with Crippen molar-refractivity contribution < 1.29 is 9.22 Å². The van der Waals surface area contributed by atoms with Gasteiger partial charge in [0.25, 0.3) is 8.32 Å². The van der Waals surface area contributed by atoms with Crippen LogP contribution in [0.1, 0.15) is 55.4 Å². The Hall–Kier alpha value is -0.0231. The lowest BCUT2D eigenvalue weighted by atomic mass is 10.2. The summed E-state index contributed by atoms with van der Waals surface area (Å²) in [6.07, 6.45) is 0. The molecule has 0 aromatic carbocycles. The molecule has 0 aliphatic carbocycles. The van der Waals surface area contributed by atoms with E-state index in [1.165, 1.54) is 0 Å². The van der Waals surface area contributed by atoms with Crippen molar-refractivity contribution in [3.05, 3.63) is 0 Å². The fraction of sp³-hybridized carbons (Fsp3) is 0.923. The molecule has 0 N–H and O–H groups in total. The summed E-state index contributed by atoms with van der Waals surface area (Å²) in [5.74, 6) is -0.276. The Balaban J connectivity index is 5.28. The minimum atomic E-state index is -2.13. The van der Waals surface area contributed by atoms with Crippen molar-refractivity contribution in [2.75, 3.05) is 0 Å². The van der Waals surface area contributed by atoms with Crippen molar-refractivity contribution in [1.29, 1.82) is 0 Å². The van der Waals surface area contributed by atoms with Gasteiger partial charge >= 0.3 is 5.97 Å². The van der Waals surface area contributed by atoms with E-state index in [0.29, 0.717) is 16.6 Å². The van der Waals surface area contributed by atoms with Gasteiger partial charge in [0.15, 0.2) is 0 Å². The second-order valence-electron chi connectivity index (χ2n) is 6.18. The Morgan fingerprint density at radius 2 is 1.29 bits per heavy atom. The molecule has 0 amide bonds. The van der Waals surface area contributed by atoms with Crippen molar-refractivity contribution in [3.8, 4) is 0 Å². The molecule has 0 aliphatic heterocycles. The summed E-state index contributed by atoms with van der Waals surface area (Å²) in [5.41, 5.74) is 1.18. The van der Waals surface area contributed by atoms with Crippen LogP contribution in [0.2, 0.25) is 16.6 Å². The lowest BCUT2D eigenvalue weighted by Gasteiger charge is -2.42. The molecule has 0 saturated carbocycles. The van der Waals surface area contributed by atoms with Crippen molar-refractivity contribution in [1.82, 2.24) is 0 Å². The van der Waals surface area contributed by atoms with Crippen LogP contribution in [0.15, 0.2) is 0 Å². The van der Waals surface area contributed by atoms with Gasteiger partial charge in [0.2, 0.25) is 0 Å². The highest BCUT2D eigenvalue weighted by Gasteiger charge is 2.49. The third kappa shape index (κ3) is 3.72. The van der Waals surface area contributed by atoms with E-state index < -0.39 is 13.2 Å². The van der Waals surface area contributed by atoms with Crippen molar-refractivity contribution in [3.63, 3.8) is 0 Å². The maximum atomic E-state index is 12.1. The molecule has 4 heteroatoms. The average Bonchev–Trinajstić information content (AvgIpc) is 2.09. The minimum absolute atomic E-state index is 0.276. The summed E-state index contributed by atoms with van der Waals surface area (Å²) < 4.78 is 5.95. The molecule has 0 atom stereocenters. The first-order valence-electron chi connectivity index (χ1n) is 6.38. The van der Waals surface area contributed by atoms with Crippen LogP contribution in [0.3, 0.4) is 0 Å². The molecule has 0 heterocycles. The van der Waals surface area contributed by atoms with Gasteiger partial charge in [-0.3, -0.25) is 4.79 Å². The van der Waals surface area contributed by atoms with Crippen LogP contribution in [-0.4, -0.2) is 19.2 Å². The smallest absolute Gasteiger partial charge is 0.313 e. The molecule has 17 heavy (non-hydrogen) atoms. The van der Waals surface area contributed by atoms with Crippen LogP contribution >= 0.6 is 11.6 Å². The van der Waals surface area contributed by atoms with Gasteiger partial charge in [0.1, 0.15) is 4.87 Å². The molecule has 0 aromatic rings. The number of rotatable bonds is 5. The normalized spacial score (nSPS) is 13.6. The monoisotopic (exact) mass is 278 g/mol. The maximum absolute atomic E-state index is 12.1. The van der Waals surface area contributed by atoms with Gasteiger partial charge in [-0.25, -0.2) is 0 Å². The Bertz CT molecular complexity index is 245. The average molecular weight is 279 g/mol. The number of carbonyl (C=O) groups excluding carboxylic acids is 1. The van der Waals surface area contributed by atoms with Crippen molar-refractivity contribution in [2.45, 2.75) is 76.9 Å². The molecule has 0 fully saturated rings. The first-order chi connectivity index (χ1) is 7.46. The molecule has 0 radical (unpaired) electrons. The van der Waals surface area contributed by atoms with E-state index in [4.69, 9.17) is 16.0 Å². The Labute approximate surface area is 112 Å². The molecule has 0 saturated heterocycles. The van der Waals surface area contributed by atoms with Gasteiger partial charge in [0, 0.05) is 0 Å². The lowest BCUT2D eigenvalue weighted by Crippen LogP contribution is -2.51. The van der Waals surface area contributed by atoms with E-state index in [9.17, 15) is 4.79 Å². The molecule has 0 aliphatic rings. The van der Waals surface area contributed by atoms with Gasteiger partial charge in [-0.2, -0.15) is 0 Å². The van der Waals surface area contributed by atoms with Crippen LogP contribution < -0.4 is 0 Å². The predicted octanol–water partition coefficient (Wildman–Crippen LogP) is 4.72. The maximum Gasteiger partial charge on any atom is 0.313 e. The molecule has 102 valence electrons. The first kappa shape index (κ1) is 17.0. The number of alkyl halides is 1. The van der Waals surface area contributed by atoms with Crippen LogP contribution in [-0.2, 0) is 9.22 Å². The predicted molar refractivity (Wildman–Crippen MR) is 77.1 cm³/mol. The highest BCUT2D eigenvalue weighted by molar-refractivity contribution is 6.79. The third-order valence-corrected chi connectivity index (χ3v) is 9.57. The third-order valence-electron chi connectivity index (χ3n) is 3.46. The topological polar surface area (TPSA) is 26.3 Å².